The van der Waals surface area contributed by atoms with Gasteiger partial charge in [0.05, 0.1) is 5.69 Å². The van der Waals surface area contributed by atoms with Crippen molar-refractivity contribution in [2.75, 3.05) is 12.3 Å². The van der Waals surface area contributed by atoms with Crippen LogP contribution >= 0.6 is 11.3 Å². The van der Waals surface area contributed by atoms with Gasteiger partial charge in [0.2, 0.25) is 0 Å². The number of nitrogens with zero attached hydrogens (tertiary/aromatic N) is 1. The summed E-state index contributed by atoms with van der Waals surface area (Å²) in [5, 5.41) is 12.8. The number of nitrogens with one attached hydrogen (secondary N) is 1. The topological polar surface area (TPSA) is 88.2 Å². The Morgan fingerprint density at radius 2 is 2.24 bits per heavy atom. The van der Waals surface area contributed by atoms with Crippen molar-refractivity contribution in [1.29, 1.82) is 0 Å². The minimum absolute atomic E-state index is 0.0390. The molecule has 0 radical (unpaired) electrons. The number of nitrogens with two attached hydrogens (primary N) is 1. The number of carbonyl (C=O) groups excluding carboxylic acids is 1. The summed E-state index contributed by atoms with van der Waals surface area (Å²) < 4.78 is 0. The summed E-state index contributed by atoms with van der Waals surface area (Å²) >= 11 is 1.32. The van der Waals surface area contributed by atoms with Gasteiger partial charge in [0, 0.05) is 23.7 Å². The SMILES string of the molecule is CCC(CCO)NC(=O)c1sc2nc(C)cc(C)c2c1N. The summed E-state index contributed by atoms with van der Waals surface area (Å²) in [5.74, 6) is -0.187. The van der Waals surface area contributed by atoms with Gasteiger partial charge in [0.25, 0.3) is 5.91 Å². The molecule has 1 unspecified atom stereocenters. The van der Waals surface area contributed by atoms with Crippen LogP contribution in [-0.2, 0) is 0 Å². The molecule has 0 fully saturated rings. The molecule has 1 amide bonds. The van der Waals surface area contributed by atoms with Gasteiger partial charge in [-0.1, -0.05) is 6.92 Å². The first-order valence-corrected chi connectivity index (χ1v) is 7.87. The van der Waals surface area contributed by atoms with Crippen molar-refractivity contribution in [2.45, 2.75) is 39.7 Å². The molecule has 0 saturated carbocycles. The predicted octanol–water partition coefficient (Wildman–Crippen LogP) is 2.39. The Bertz CT molecular complexity index is 666. The molecule has 114 valence electrons. The van der Waals surface area contributed by atoms with Crippen molar-refractivity contribution in [3.8, 4) is 0 Å². The molecular weight excluding hydrogens is 286 g/mol. The Labute approximate surface area is 128 Å². The van der Waals surface area contributed by atoms with E-state index in [4.69, 9.17) is 10.8 Å². The van der Waals surface area contributed by atoms with Crippen molar-refractivity contribution in [2.24, 2.45) is 0 Å². The molecule has 2 aromatic rings. The van der Waals surface area contributed by atoms with Gasteiger partial charge in [0.1, 0.15) is 9.71 Å². The molecule has 0 aliphatic heterocycles. The van der Waals surface area contributed by atoms with E-state index in [0.29, 0.717) is 17.0 Å². The van der Waals surface area contributed by atoms with Crippen molar-refractivity contribution in [1.82, 2.24) is 10.3 Å². The standard InChI is InChI=1S/C15H21N3O2S/c1-4-10(5-6-19)18-14(20)13-12(16)11-8(2)7-9(3)17-15(11)21-13/h7,10,19H,4-6,16H2,1-3H3,(H,18,20). The fourth-order valence-electron chi connectivity index (χ4n) is 2.42. The maximum Gasteiger partial charge on any atom is 0.263 e. The van der Waals surface area contributed by atoms with Crippen LogP contribution in [0.5, 0.6) is 0 Å². The number of hydrogen-bond donors (Lipinski definition) is 3. The van der Waals surface area contributed by atoms with Crippen LogP contribution in [0, 0.1) is 13.8 Å². The van der Waals surface area contributed by atoms with E-state index in [9.17, 15) is 4.79 Å². The number of hydrogen-bond acceptors (Lipinski definition) is 5. The number of aromatic nitrogens is 1. The average molecular weight is 307 g/mol. The Morgan fingerprint density at radius 1 is 1.52 bits per heavy atom. The highest BCUT2D eigenvalue weighted by atomic mass is 32.1. The Kier molecular flexibility index (Phi) is 4.80. The first-order chi connectivity index (χ1) is 9.97. The zero-order valence-corrected chi connectivity index (χ0v) is 13.4. The minimum Gasteiger partial charge on any atom is -0.397 e. The molecular formula is C15H21N3O2S. The number of pyridine rings is 1. The molecule has 0 aliphatic carbocycles. The largest absolute Gasteiger partial charge is 0.397 e. The van der Waals surface area contributed by atoms with Crippen LogP contribution in [0.15, 0.2) is 6.07 Å². The lowest BCUT2D eigenvalue weighted by Crippen LogP contribution is -2.34. The molecule has 21 heavy (non-hydrogen) atoms. The van der Waals surface area contributed by atoms with E-state index in [1.165, 1.54) is 11.3 Å². The molecule has 2 heterocycles. The fourth-order valence-corrected chi connectivity index (χ4v) is 3.54. The molecule has 1 atom stereocenters. The number of fused-ring (bicyclic) bond motifs is 1. The zero-order chi connectivity index (χ0) is 15.6. The van der Waals surface area contributed by atoms with Gasteiger partial charge in [-0.3, -0.25) is 4.79 Å². The second-order valence-electron chi connectivity index (χ2n) is 5.20. The molecule has 0 aliphatic rings. The second kappa shape index (κ2) is 6.41. The third-order valence-electron chi connectivity index (χ3n) is 3.54. The van der Waals surface area contributed by atoms with Crippen LogP contribution in [0.1, 0.15) is 40.7 Å². The number of rotatable bonds is 5. The lowest BCUT2D eigenvalue weighted by Gasteiger charge is -2.15. The maximum absolute atomic E-state index is 12.4. The molecule has 0 saturated heterocycles. The summed E-state index contributed by atoms with van der Waals surface area (Å²) in [5.41, 5.74) is 8.59. The number of amides is 1. The molecule has 2 rings (SSSR count). The Hall–Kier alpha value is -1.66. The first-order valence-electron chi connectivity index (χ1n) is 7.05. The number of aliphatic hydroxyl groups is 1. The lowest BCUT2D eigenvalue weighted by molar-refractivity contribution is 0.0934. The van der Waals surface area contributed by atoms with Gasteiger partial charge in [-0.05, 0) is 38.3 Å². The Morgan fingerprint density at radius 3 is 2.86 bits per heavy atom. The smallest absolute Gasteiger partial charge is 0.263 e. The fraction of sp³-hybridized carbons (Fsp3) is 0.467. The van der Waals surface area contributed by atoms with E-state index >= 15 is 0 Å². The van der Waals surface area contributed by atoms with Crippen LogP contribution in [0.4, 0.5) is 5.69 Å². The predicted molar refractivity (Wildman–Crippen MR) is 86.8 cm³/mol. The summed E-state index contributed by atoms with van der Waals surface area (Å²) in [6, 6.07) is 1.93. The van der Waals surface area contributed by atoms with Crippen LogP contribution in [0.25, 0.3) is 10.2 Å². The summed E-state index contributed by atoms with van der Waals surface area (Å²) in [6.07, 6.45) is 1.32. The van der Waals surface area contributed by atoms with E-state index in [0.717, 1.165) is 27.9 Å². The van der Waals surface area contributed by atoms with E-state index in [-0.39, 0.29) is 18.6 Å². The summed E-state index contributed by atoms with van der Waals surface area (Å²) in [7, 11) is 0. The van der Waals surface area contributed by atoms with Crippen molar-refractivity contribution >= 4 is 33.1 Å². The highest BCUT2D eigenvalue weighted by molar-refractivity contribution is 7.21. The third kappa shape index (κ3) is 3.16. The normalized spacial score (nSPS) is 12.6. The van der Waals surface area contributed by atoms with E-state index in [1.54, 1.807) is 0 Å². The molecule has 5 nitrogen and oxygen atoms in total. The number of aryl methyl sites for hydroxylation is 2. The van der Waals surface area contributed by atoms with Crippen LogP contribution in [0.2, 0.25) is 0 Å². The Balaban J connectivity index is 2.36. The number of carbonyl (C=O) groups is 1. The molecule has 0 spiro atoms. The lowest BCUT2D eigenvalue weighted by atomic mass is 10.1. The third-order valence-corrected chi connectivity index (χ3v) is 4.63. The average Bonchev–Trinajstić information content (AvgIpc) is 2.75. The van der Waals surface area contributed by atoms with E-state index in [2.05, 4.69) is 10.3 Å². The van der Waals surface area contributed by atoms with Crippen molar-refractivity contribution in [3.05, 3.63) is 22.2 Å². The van der Waals surface area contributed by atoms with Crippen LogP contribution < -0.4 is 11.1 Å². The van der Waals surface area contributed by atoms with Gasteiger partial charge in [-0.15, -0.1) is 11.3 Å². The van der Waals surface area contributed by atoms with Gasteiger partial charge in [0.15, 0.2) is 0 Å². The maximum atomic E-state index is 12.4. The number of aliphatic hydroxyl groups excluding tert-OH is 1. The van der Waals surface area contributed by atoms with Crippen molar-refractivity contribution in [3.63, 3.8) is 0 Å². The quantitative estimate of drug-likeness (QED) is 0.791. The van der Waals surface area contributed by atoms with Crippen LogP contribution in [0.3, 0.4) is 0 Å². The molecule has 2 aromatic heterocycles. The summed E-state index contributed by atoms with van der Waals surface area (Å²) in [4.78, 5) is 18.1. The van der Waals surface area contributed by atoms with Gasteiger partial charge in [-0.25, -0.2) is 4.98 Å². The van der Waals surface area contributed by atoms with Crippen molar-refractivity contribution < 1.29 is 9.90 Å². The molecule has 0 bridgehead atoms. The highest BCUT2D eigenvalue weighted by Crippen LogP contribution is 2.34. The van der Waals surface area contributed by atoms with Crippen LogP contribution in [-0.4, -0.2) is 28.6 Å². The number of nitrogen functional groups attached to an aromatic ring is 1. The molecule has 4 N–H and O–H groups in total. The van der Waals surface area contributed by atoms with E-state index < -0.39 is 0 Å². The number of thiophene rings is 1. The summed E-state index contributed by atoms with van der Waals surface area (Å²) in [6.45, 7) is 5.93. The highest BCUT2D eigenvalue weighted by Gasteiger charge is 2.20. The minimum atomic E-state index is -0.187. The van der Waals surface area contributed by atoms with Gasteiger partial charge < -0.3 is 16.2 Å². The second-order valence-corrected chi connectivity index (χ2v) is 6.20. The van der Waals surface area contributed by atoms with Gasteiger partial charge in [-0.2, -0.15) is 0 Å². The monoisotopic (exact) mass is 307 g/mol. The first kappa shape index (κ1) is 15.7. The van der Waals surface area contributed by atoms with E-state index in [1.807, 2.05) is 26.8 Å². The molecule has 0 aromatic carbocycles. The number of anilines is 1. The molecule has 6 heteroatoms. The zero-order valence-electron chi connectivity index (χ0n) is 12.6. The van der Waals surface area contributed by atoms with Gasteiger partial charge >= 0.3 is 0 Å².